The van der Waals surface area contributed by atoms with Crippen molar-refractivity contribution in [2.75, 3.05) is 19.3 Å². The minimum absolute atomic E-state index is 0.499. The summed E-state index contributed by atoms with van der Waals surface area (Å²) in [6.07, 6.45) is 0. The van der Waals surface area contributed by atoms with E-state index in [1.165, 1.54) is 17.9 Å². The molecule has 0 N–H and O–H groups in total. The lowest BCUT2D eigenvalue weighted by Gasteiger charge is -2.18. The van der Waals surface area contributed by atoms with Gasteiger partial charge in [0.15, 0.2) is 0 Å². The second-order valence-corrected chi connectivity index (χ2v) is 4.88. The maximum atomic E-state index is 5.94. The van der Waals surface area contributed by atoms with Crippen LogP contribution in [-0.2, 0) is 0 Å². The Kier molecular flexibility index (Phi) is 2.82. The highest BCUT2D eigenvalue weighted by atomic mass is 35.5. The Morgan fingerprint density at radius 3 is 3.00 bits per heavy atom. The molecule has 1 aliphatic heterocycles. The van der Waals surface area contributed by atoms with Crippen molar-refractivity contribution in [2.24, 2.45) is 0 Å². The molecule has 1 aliphatic rings. The van der Waals surface area contributed by atoms with Crippen LogP contribution in [0.2, 0.25) is 5.02 Å². The third-order valence-electron chi connectivity index (χ3n) is 2.25. The van der Waals surface area contributed by atoms with Crippen molar-refractivity contribution < 1.29 is 0 Å². The molecule has 70 valence electrons. The van der Waals surface area contributed by atoms with E-state index in [9.17, 15) is 0 Å². The highest BCUT2D eigenvalue weighted by Crippen LogP contribution is 2.36. The maximum Gasteiger partial charge on any atom is 0.0813 e. The van der Waals surface area contributed by atoms with Gasteiger partial charge >= 0.3 is 0 Å². The van der Waals surface area contributed by atoms with Crippen LogP contribution in [0.4, 0.5) is 0 Å². The van der Waals surface area contributed by atoms with Gasteiger partial charge in [-0.05, 0) is 24.7 Å². The Morgan fingerprint density at radius 2 is 2.38 bits per heavy atom. The zero-order valence-electron chi connectivity index (χ0n) is 7.53. The average Bonchev–Trinajstić information content (AvgIpc) is 2.51. The molecule has 1 aromatic rings. The van der Waals surface area contributed by atoms with Crippen molar-refractivity contribution in [2.45, 2.75) is 5.37 Å². The first-order valence-corrected chi connectivity index (χ1v) is 5.77. The van der Waals surface area contributed by atoms with Gasteiger partial charge in [-0.1, -0.05) is 23.7 Å². The van der Waals surface area contributed by atoms with E-state index in [1.807, 2.05) is 23.9 Å². The summed E-state index contributed by atoms with van der Waals surface area (Å²) in [5, 5.41) is 1.33. The number of rotatable bonds is 1. The fourth-order valence-corrected chi connectivity index (χ4v) is 3.08. The molecule has 2 rings (SSSR count). The summed E-state index contributed by atoms with van der Waals surface area (Å²) in [7, 11) is 2.16. The number of benzene rings is 1. The summed E-state index contributed by atoms with van der Waals surface area (Å²) >= 11 is 7.92. The number of hydrogen-bond donors (Lipinski definition) is 0. The summed E-state index contributed by atoms with van der Waals surface area (Å²) in [6.45, 7) is 1.17. The van der Waals surface area contributed by atoms with Crippen LogP contribution in [0, 0.1) is 0 Å². The van der Waals surface area contributed by atoms with E-state index >= 15 is 0 Å². The average molecular weight is 214 g/mol. The summed E-state index contributed by atoms with van der Waals surface area (Å²) in [6, 6.07) is 8.14. The van der Waals surface area contributed by atoms with Gasteiger partial charge in [-0.25, -0.2) is 0 Å². The predicted molar refractivity (Wildman–Crippen MR) is 59.3 cm³/mol. The quantitative estimate of drug-likeness (QED) is 0.706. The first kappa shape index (κ1) is 9.38. The van der Waals surface area contributed by atoms with Crippen molar-refractivity contribution in [1.29, 1.82) is 0 Å². The van der Waals surface area contributed by atoms with E-state index in [2.05, 4.69) is 24.1 Å². The van der Waals surface area contributed by atoms with Crippen LogP contribution >= 0.6 is 23.4 Å². The normalized spacial score (nSPS) is 23.7. The number of nitrogens with zero attached hydrogens (tertiary/aromatic N) is 1. The molecule has 0 saturated carbocycles. The van der Waals surface area contributed by atoms with Crippen LogP contribution < -0.4 is 0 Å². The molecular weight excluding hydrogens is 202 g/mol. The molecule has 13 heavy (non-hydrogen) atoms. The first-order valence-electron chi connectivity index (χ1n) is 4.35. The molecule has 0 spiro atoms. The van der Waals surface area contributed by atoms with Crippen molar-refractivity contribution in [1.82, 2.24) is 4.90 Å². The van der Waals surface area contributed by atoms with E-state index in [1.54, 1.807) is 0 Å². The third kappa shape index (κ3) is 2.01. The lowest BCUT2D eigenvalue weighted by molar-refractivity contribution is 0.358. The van der Waals surface area contributed by atoms with Gasteiger partial charge in [0.25, 0.3) is 0 Å². The Bertz CT molecular complexity index is 303. The lowest BCUT2D eigenvalue weighted by Crippen LogP contribution is -2.16. The molecule has 1 aromatic carbocycles. The van der Waals surface area contributed by atoms with Crippen LogP contribution in [0.25, 0.3) is 0 Å². The second-order valence-electron chi connectivity index (χ2n) is 3.26. The van der Waals surface area contributed by atoms with Crippen LogP contribution in [-0.4, -0.2) is 24.2 Å². The Labute approximate surface area is 88.1 Å². The van der Waals surface area contributed by atoms with Crippen LogP contribution in [0.15, 0.2) is 24.3 Å². The van der Waals surface area contributed by atoms with Crippen molar-refractivity contribution in [3.63, 3.8) is 0 Å². The zero-order chi connectivity index (χ0) is 9.26. The van der Waals surface area contributed by atoms with Crippen LogP contribution in [0.1, 0.15) is 10.9 Å². The molecule has 1 fully saturated rings. The molecule has 1 heterocycles. The maximum absolute atomic E-state index is 5.94. The molecule has 1 atom stereocenters. The Morgan fingerprint density at radius 1 is 1.54 bits per heavy atom. The van der Waals surface area contributed by atoms with Crippen molar-refractivity contribution in [3.05, 3.63) is 34.9 Å². The smallest absolute Gasteiger partial charge is 0.0813 e. The highest BCUT2D eigenvalue weighted by Gasteiger charge is 2.22. The second kappa shape index (κ2) is 3.91. The molecule has 1 nitrogen and oxygen atoms in total. The summed E-state index contributed by atoms with van der Waals surface area (Å²) in [5.41, 5.74) is 1.32. The van der Waals surface area contributed by atoms with Crippen LogP contribution in [0.5, 0.6) is 0 Å². The minimum Gasteiger partial charge on any atom is -0.290 e. The summed E-state index contributed by atoms with van der Waals surface area (Å²) in [4.78, 5) is 2.36. The molecule has 0 bridgehead atoms. The fraction of sp³-hybridized carbons (Fsp3) is 0.400. The van der Waals surface area contributed by atoms with Crippen molar-refractivity contribution in [3.8, 4) is 0 Å². The number of hydrogen-bond acceptors (Lipinski definition) is 2. The largest absolute Gasteiger partial charge is 0.290 e. The predicted octanol–water partition coefficient (Wildman–Crippen LogP) is 3.02. The Balaban J connectivity index is 2.24. The monoisotopic (exact) mass is 213 g/mol. The highest BCUT2D eigenvalue weighted by molar-refractivity contribution is 7.99. The summed E-state index contributed by atoms with van der Waals surface area (Å²) < 4.78 is 0. The van der Waals surface area contributed by atoms with Gasteiger partial charge in [0.1, 0.15) is 0 Å². The molecule has 3 heteroatoms. The fourth-order valence-electron chi connectivity index (χ4n) is 1.56. The lowest BCUT2D eigenvalue weighted by atomic mass is 10.2. The van der Waals surface area contributed by atoms with Gasteiger partial charge in [-0.15, -0.1) is 11.8 Å². The standard InChI is InChI=1S/C10H12ClNS/c1-12-5-6-13-10(12)8-3-2-4-9(11)7-8/h2-4,7,10H,5-6H2,1H3. The topological polar surface area (TPSA) is 3.24 Å². The molecular formula is C10H12ClNS. The first-order chi connectivity index (χ1) is 6.27. The molecule has 0 radical (unpaired) electrons. The SMILES string of the molecule is CN1CCSC1c1cccc(Cl)c1. The Hall–Kier alpha value is -0.180. The number of halogens is 1. The minimum atomic E-state index is 0.499. The van der Waals surface area contributed by atoms with Gasteiger partial charge < -0.3 is 0 Å². The molecule has 1 unspecified atom stereocenters. The van der Waals surface area contributed by atoms with Gasteiger partial charge in [0.2, 0.25) is 0 Å². The molecule has 0 aliphatic carbocycles. The van der Waals surface area contributed by atoms with E-state index in [0.717, 1.165) is 5.02 Å². The summed E-state index contributed by atoms with van der Waals surface area (Å²) in [5.74, 6) is 1.22. The number of thioether (sulfide) groups is 1. The van der Waals surface area contributed by atoms with Gasteiger partial charge in [0.05, 0.1) is 5.37 Å². The van der Waals surface area contributed by atoms with Gasteiger partial charge in [-0.2, -0.15) is 0 Å². The van der Waals surface area contributed by atoms with E-state index < -0.39 is 0 Å². The van der Waals surface area contributed by atoms with Gasteiger partial charge in [0, 0.05) is 17.3 Å². The van der Waals surface area contributed by atoms with Crippen molar-refractivity contribution >= 4 is 23.4 Å². The van der Waals surface area contributed by atoms with E-state index in [4.69, 9.17) is 11.6 Å². The molecule has 0 aromatic heterocycles. The van der Waals surface area contributed by atoms with E-state index in [0.29, 0.717) is 5.37 Å². The molecule has 0 amide bonds. The van der Waals surface area contributed by atoms with Gasteiger partial charge in [-0.3, -0.25) is 4.90 Å². The van der Waals surface area contributed by atoms with E-state index in [-0.39, 0.29) is 0 Å². The molecule has 1 saturated heterocycles. The zero-order valence-corrected chi connectivity index (χ0v) is 9.11. The van der Waals surface area contributed by atoms with Crippen LogP contribution in [0.3, 0.4) is 0 Å². The third-order valence-corrected chi connectivity index (χ3v) is 3.86.